The number of hydrogen-bond donors (Lipinski definition) is 1. The van der Waals surface area contributed by atoms with E-state index in [1.807, 2.05) is 0 Å². The molecule has 0 saturated heterocycles. The first-order chi connectivity index (χ1) is 19.0. The fraction of sp³-hybridized carbons (Fsp3) is 0.943. The number of carbonyl (C=O) groups is 2. The number of esters is 1. The standard InChI is InChI=1S/C35H68O4/c1-4-7-27-33(6-3)31-39-35(38)29-26-24-22-20-18-16-14-12-10-8-9-11-13-15-17-19-21-23-25-28-32(5-2)30-34(36)37/h32-33H,4-31H2,1-3H3,(H,36,37). The van der Waals surface area contributed by atoms with E-state index in [1.54, 1.807) is 0 Å². The molecule has 0 aliphatic rings. The second-order valence-electron chi connectivity index (χ2n) is 12.2. The summed E-state index contributed by atoms with van der Waals surface area (Å²) in [5.74, 6) is 0.286. The van der Waals surface area contributed by atoms with Gasteiger partial charge in [0.15, 0.2) is 0 Å². The lowest BCUT2D eigenvalue weighted by atomic mass is 9.95. The molecular formula is C35H68O4. The second-order valence-corrected chi connectivity index (χ2v) is 12.2. The minimum atomic E-state index is -0.644. The lowest BCUT2D eigenvalue weighted by molar-refractivity contribution is -0.145. The molecule has 0 amide bonds. The molecule has 0 aromatic heterocycles. The molecule has 0 spiro atoms. The summed E-state index contributed by atoms with van der Waals surface area (Å²) in [5.41, 5.74) is 0. The van der Waals surface area contributed by atoms with Crippen LogP contribution in [0.15, 0.2) is 0 Å². The zero-order valence-electron chi connectivity index (χ0n) is 26.6. The highest BCUT2D eigenvalue weighted by atomic mass is 16.5. The lowest BCUT2D eigenvalue weighted by Crippen LogP contribution is -2.13. The predicted octanol–water partition coefficient (Wildman–Crippen LogP) is 11.4. The van der Waals surface area contributed by atoms with Gasteiger partial charge in [0.1, 0.15) is 0 Å². The maximum atomic E-state index is 11.9. The van der Waals surface area contributed by atoms with Gasteiger partial charge in [0, 0.05) is 12.8 Å². The van der Waals surface area contributed by atoms with Crippen LogP contribution in [0.25, 0.3) is 0 Å². The van der Waals surface area contributed by atoms with E-state index in [0.29, 0.717) is 31.3 Å². The van der Waals surface area contributed by atoms with E-state index in [2.05, 4.69) is 20.8 Å². The average molecular weight is 553 g/mol. The van der Waals surface area contributed by atoms with Crippen molar-refractivity contribution in [1.29, 1.82) is 0 Å². The predicted molar refractivity (Wildman–Crippen MR) is 167 cm³/mol. The first-order valence-corrected chi connectivity index (χ1v) is 17.4. The van der Waals surface area contributed by atoms with Crippen molar-refractivity contribution < 1.29 is 19.4 Å². The molecule has 0 radical (unpaired) electrons. The molecule has 0 rings (SSSR count). The fourth-order valence-electron chi connectivity index (χ4n) is 5.59. The number of unbranched alkanes of at least 4 members (excludes halogenated alkanes) is 19. The summed E-state index contributed by atoms with van der Waals surface area (Å²) in [6.07, 6.45) is 32.9. The van der Waals surface area contributed by atoms with Crippen molar-refractivity contribution in [3.63, 3.8) is 0 Å². The van der Waals surface area contributed by atoms with Gasteiger partial charge < -0.3 is 9.84 Å². The number of carboxylic acids is 1. The summed E-state index contributed by atoms with van der Waals surface area (Å²) in [7, 11) is 0. The lowest BCUT2D eigenvalue weighted by Gasteiger charge is -2.14. The molecule has 0 aromatic rings. The summed E-state index contributed by atoms with van der Waals surface area (Å²) in [4.78, 5) is 22.8. The van der Waals surface area contributed by atoms with Gasteiger partial charge in [-0.25, -0.2) is 0 Å². The molecule has 0 aromatic carbocycles. The van der Waals surface area contributed by atoms with Crippen molar-refractivity contribution in [2.75, 3.05) is 6.61 Å². The van der Waals surface area contributed by atoms with Crippen molar-refractivity contribution in [2.45, 2.75) is 194 Å². The van der Waals surface area contributed by atoms with Gasteiger partial charge in [0.2, 0.25) is 0 Å². The minimum Gasteiger partial charge on any atom is -0.481 e. The first kappa shape index (κ1) is 37.9. The van der Waals surface area contributed by atoms with Crippen LogP contribution in [0.3, 0.4) is 0 Å². The number of rotatable bonds is 31. The molecule has 4 nitrogen and oxygen atoms in total. The third-order valence-electron chi connectivity index (χ3n) is 8.56. The average Bonchev–Trinajstić information content (AvgIpc) is 2.93. The molecule has 39 heavy (non-hydrogen) atoms. The smallest absolute Gasteiger partial charge is 0.305 e. The zero-order valence-corrected chi connectivity index (χ0v) is 26.6. The van der Waals surface area contributed by atoms with Crippen LogP contribution in [0.4, 0.5) is 0 Å². The zero-order chi connectivity index (χ0) is 28.8. The van der Waals surface area contributed by atoms with Crippen molar-refractivity contribution in [3.8, 4) is 0 Å². The summed E-state index contributed by atoms with van der Waals surface area (Å²) >= 11 is 0. The van der Waals surface area contributed by atoms with E-state index in [1.165, 1.54) is 128 Å². The van der Waals surface area contributed by atoms with Gasteiger partial charge in [-0.2, -0.15) is 0 Å². The van der Waals surface area contributed by atoms with Crippen LogP contribution in [0.5, 0.6) is 0 Å². The SMILES string of the molecule is CCCCC(CC)COC(=O)CCCCCCCCCCCCCCCCCCCCCC(CC)CC(=O)O. The maximum absolute atomic E-state index is 11.9. The Labute approximate surface area is 243 Å². The summed E-state index contributed by atoms with van der Waals surface area (Å²) < 4.78 is 5.50. The van der Waals surface area contributed by atoms with Gasteiger partial charge in [-0.1, -0.05) is 162 Å². The molecule has 0 aliphatic heterocycles. The number of carbonyl (C=O) groups excluding carboxylic acids is 1. The third-order valence-corrected chi connectivity index (χ3v) is 8.56. The Morgan fingerprint density at radius 2 is 0.923 bits per heavy atom. The Morgan fingerprint density at radius 3 is 1.31 bits per heavy atom. The Kier molecular flexibility index (Phi) is 29.1. The molecule has 232 valence electrons. The highest BCUT2D eigenvalue weighted by molar-refractivity contribution is 5.69. The normalized spacial score (nSPS) is 12.9. The van der Waals surface area contributed by atoms with Crippen LogP contribution < -0.4 is 0 Å². The Hall–Kier alpha value is -1.06. The van der Waals surface area contributed by atoms with E-state index < -0.39 is 5.97 Å². The van der Waals surface area contributed by atoms with Crippen LogP contribution in [0.1, 0.15) is 194 Å². The molecule has 4 heteroatoms. The third kappa shape index (κ3) is 28.3. The fourth-order valence-corrected chi connectivity index (χ4v) is 5.59. The summed E-state index contributed by atoms with van der Waals surface area (Å²) in [6, 6.07) is 0. The largest absolute Gasteiger partial charge is 0.481 e. The van der Waals surface area contributed by atoms with Crippen molar-refractivity contribution >= 4 is 11.9 Å². The van der Waals surface area contributed by atoms with Gasteiger partial charge >= 0.3 is 11.9 Å². The second kappa shape index (κ2) is 29.9. The summed E-state index contributed by atoms with van der Waals surface area (Å²) in [6.45, 7) is 7.14. The molecule has 1 N–H and O–H groups in total. The highest BCUT2D eigenvalue weighted by Crippen LogP contribution is 2.19. The molecule has 0 heterocycles. The minimum absolute atomic E-state index is 0.00771. The molecule has 0 saturated carbocycles. The molecule has 2 unspecified atom stereocenters. The van der Waals surface area contributed by atoms with E-state index in [9.17, 15) is 9.59 Å². The van der Waals surface area contributed by atoms with Gasteiger partial charge in [-0.15, -0.1) is 0 Å². The topological polar surface area (TPSA) is 63.6 Å². The maximum Gasteiger partial charge on any atom is 0.305 e. The van der Waals surface area contributed by atoms with E-state index in [-0.39, 0.29) is 5.97 Å². The van der Waals surface area contributed by atoms with Crippen molar-refractivity contribution in [3.05, 3.63) is 0 Å². The van der Waals surface area contributed by atoms with Crippen LogP contribution in [0, 0.1) is 11.8 Å². The Bertz CT molecular complexity index is 533. The molecule has 2 atom stereocenters. The van der Waals surface area contributed by atoms with Gasteiger partial charge in [0.05, 0.1) is 6.61 Å². The van der Waals surface area contributed by atoms with E-state index in [0.717, 1.165) is 32.1 Å². The first-order valence-electron chi connectivity index (χ1n) is 17.4. The van der Waals surface area contributed by atoms with Crippen molar-refractivity contribution in [1.82, 2.24) is 0 Å². The Morgan fingerprint density at radius 1 is 0.538 bits per heavy atom. The van der Waals surface area contributed by atoms with E-state index >= 15 is 0 Å². The van der Waals surface area contributed by atoms with Crippen LogP contribution in [-0.4, -0.2) is 23.7 Å². The van der Waals surface area contributed by atoms with Crippen LogP contribution in [0.2, 0.25) is 0 Å². The molecule has 0 fully saturated rings. The number of aliphatic carboxylic acids is 1. The van der Waals surface area contributed by atoms with Crippen LogP contribution >= 0.6 is 0 Å². The quantitative estimate of drug-likeness (QED) is 0.0686. The molecule has 0 aliphatic carbocycles. The highest BCUT2D eigenvalue weighted by Gasteiger charge is 2.11. The van der Waals surface area contributed by atoms with Gasteiger partial charge in [-0.3, -0.25) is 9.59 Å². The van der Waals surface area contributed by atoms with Crippen molar-refractivity contribution in [2.24, 2.45) is 11.8 Å². The molecular weight excluding hydrogens is 484 g/mol. The van der Waals surface area contributed by atoms with E-state index in [4.69, 9.17) is 9.84 Å². The Balaban J connectivity index is 3.27. The number of hydrogen-bond acceptors (Lipinski definition) is 3. The molecule has 0 bridgehead atoms. The monoisotopic (exact) mass is 553 g/mol. The summed E-state index contributed by atoms with van der Waals surface area (Å²) in [5, 5.41) is 8.92. The number of ether oxygens (including phenoxy) is 1. The van der Waals surface area contributed by atoms with Gasteiger partial charge in [-0.05, 0) is 31.1 Å². The van der Waals surface area contributed by atoms with Gasteiger partial charge in [0.25, 0.3) is 0 Å². The number of carboxylic acid groups (broad SMARTS) is 1. The van der Waals surface area contributed by atoms with Crippen LogP contribution in [-0.2, 0) is 14.3 Å².